The summed E-state index contributed by atoms with van der Waals surface area (Å²) in [4.78, 5) is 12.7. The molecule has 4 nitrogen and oxygen atoms in total. The average molecular weight is 327 g/mol. The second kappa shape index (κ2) is 4.96. The standard InChI is InChI=1S/C17H29NO3S/c1-5-6-12(2)9-15(19)18-14-10-13-7-8-17(14,16(13,3)4)11-22(18,20)21/h12-14H,5-11H2,1-4H3/t12-,13-,14+,17+/m1/s1. The number of rotatable bonds is 4. The SMILES string of the molecule is CCC[C@@H](C)CC(=O)N1[C@H]2C[C@H]3CC[C@@]2(CS1(=O)=O)C3(C)C. The van der Waals surface area contributed by atoms with Crippen LogP contribution in [0.25, 0.3) is 0 Å². The first-order valence-electron chi connectivity index (χ1n) is 8.70. The minimum atomic E-state index is -3.44. The van der Waals surface area contributed by atoms with Gasteiger partial charge < -0.3 is 0 Å². The maximum absolute atomic E-state index is 12.7. The normalized spacial score (nSPS) is 39.0. The number of hydrogen-bond acceptors (Lipinski definition) is 3. The lowest BCUT2D eigenvalue weighted by atomic mass is 9.69. The van der Waals surface area contributed by atoms with E-state index in [1.54, 1.807) is 0 Å². The Morgan fingerprint density at radius 2 is 2.05 bits per heavy atom. The molecule has 4 atom stereocenters. The Bertz CT molecular complexity index is 583. The van der Waals surface area contributed by atoms with E-state index in [9.17, 15) is 13.2 Å². The highest BCUT2D eigenvalue weighted by molar-refractivity contribution is 7.90. The van der Waals surface area contributed by atoms with E-state index in [0.717, 1.165) is 32.1 Å². The Hall–Kier alpha value is -0.580. The zero-order valence-electron chi connectivity index (χ0n) is 14.3. The fourth-order valence-electron chi connectivity index (χ4n) is 5.60. The first kappa shape index (κ1) is 16.3. The third-order valence-corrected chi connectivity index (χ3v) is 8.90. The van der Waals surface area contributed by atoms with Gasteiger partial charge in [0.25, 0.3) is 0 Å². The number of amides is 1. The maximum atomic E-state index is 12.7. The molecule has 5 heteroatoms. The molecule has 2 aliphatic carbocycles. The van der Waals surface area contributed by atoms with Crippen LogP contribution in [0.3, 0.4) is 0 Å². The van der Waals surface area contributed by atoms with Crippen LogP contribution in [0, 0.1) is 22.7 Å². The molecule has 0 unspecified atom stereocenters. The van der Waals surface area contributed by atoms with Gasteiger partial charge in [-0.2, -0.15) is 0 Å². The van der Waals surface area contributed by atoms with Gasteiger partial charge in [0.05, 0.1) is 11.8 Å². The number of nitrogens with zero attached hydrogens (tertiary/aromatic N) is 1. The van der Waals surface area contributed by atoms with E-state index in [2.05, 4.69) is 20.8 Å². The Balaban J connectivity index is 1.89. The highest BCUT2D eigenvalue weighted by atomic mass is 32.2. The van der Waals surface area contributed by atoms with Crippen molar-refractivity contribution in [3.8, 4) is 0 Å². The average Bonchev–Trinajstić information content (AvgIpc) is 2.85. The molecule has 3 aliphatic rings. The molecule has 126 valence electrons. The zero-order chi connectivity index (χ0) is 16.3. The highest BCUT2D eigenvalue weighted by Gasteiger charge is 2.72. The Kier molecular flexibility index (Phi) is 3.67. The second-order valence-electron chi connectivity index (χ2n) is 8.41. The van der Waals surface area contributed by atoms with Crippen LogP contribution < -0.4 is 0 Å². The fourth-order valence-corrected chi connectivity index (χ4v) is 8.16. The van der Waals surface area contributed by atoms with Crippen molar-refractivity contribution in [1.29, 1.82) is 0 Å². The third-order valence-electron chi connectivity index (χ3n) is 6.96. The Labute approximate surface area is 134 Å². The van der Waals surface area contributed by atoms with Crippen LogP contribution in [0.15, 0.2) is 0 Å². The van der Waals surface area contributed by atoms with Crippen molar-refractivity contribution in [3.05, 3.63) is 0 Å². The molecule has 1 heterocycles. The van der Waals surface area contributed by atoms with Crippen molar-refractivity contribution in [2.24, 2.45) is 22.7 Å². The molecule has 2 saturated carbocycles. The molecule has 1 aliphatic heterocycles. The van der Waals surface area contributed by atoms with Gasteiger partial charge in [-0.15, -0.1) is 0 Å². The van der Waals surface area contributed by atoms with E-state index in [-0.39, 0.29) is 34.4 Å². The van der Waals surface area contributed by atoms with Gasteiger partial charge in [0.2, 0.25) is 15.9 Å². The van der Waals surface area contributed by atoms with Gasteiger partial charge in [-0.25, -0.2) is 12.7 Å². The minimum absolute atomic E-state index is 0.0365. The molecule has 0 N–H and O–H groups in total. The molecule has 2 bridgehead atoms. The molecule has 0 aromatic rings. The number of carbonyl (C=O) groups excluding carboxylic acids is 1. The molecule has 22 heavy (non-hydrogen) atoms. The lowest BCUT2D eigenvalue weighted by Crippen LogP contribution is -2.44. The van der Waals surface area contributed by atoms with Gasteiger partial charge >= 0.3 is 0 Å². The van der Waals surface area contributed by atoms with E-state index in [0.29, 0.717) is 12.3 Å². The van der Waals surface area contributed by atoms with Gasteiger partial charge in [0, 0.05) is 11.8 Å². The van der Waals surface area contributed by atoms with Crippen molar-refractivity contribution in [3.63, 3.8) is 0 Å². The lowest BCUT2D eigenvalue weighted by Gasteiger charge is -2.37. The number of fused-ring (bicyclic) bond motifs is 1. The van der Waals surface area contributed by atoms with Crippen LogP contribution in [0.1, 0.15) is 66.2 Å². The summed E-state index contributed by atoms with van der Waals surface area (Å²) in [5, 5.41) is 0. The van der Waals surface area contributed by atoms with Crippen molar-refractivity contribution in [1.82, 2.24) is 4.31 Å². The zero-order valence-corrected chi connectivity index (χ0v) is 15.1. The summed E-state index contributed by atoms with van der Waals surface area (Å²) >= 11 is 0. The van der Waals surface area contributed by atoms with Crippen LogP contribution in [0.2, 0.25) is 0 Å². The van der Waals surface area contributed by atoms with Gasteiger partial charge in [0.1, 0.15) is 0 Å². The minimum Gasteiger partial charge on any atom is -0.274 e. The predicted octanol–water partition coefficient (Wildman–Crippen LogP) is 3.18. The molecule has 1 saturated heterocycles. The molecule has 1 amide bonds. The molecule has 1 spiro atoms. The van der Waals surface area contributed by atoms with Crippen molar-refractivity contribution < 1.29 is 13.2 Å². The summed E-state index contributed by atoms with van der Waals surface area (Å²) in [7, 11) is -3.44. The van der Waals surface area contributed by atoms with Crippen LogP contribution in [-0.4, -0.2) is 30.4 Å². The third kappa shape index (κ3) is 2.00. The first-order valence-corrected chi connectivity index (χ1v) is 10.3. The van der Waals surface area contributed by atoms with Crippen LogP contribution in [0.4, 0.5) is 0 Å². The molecule has 0 aromatic carbocycles. The second-order valence-corrected chi connectivity index (χ2v) is 10.3. The quantitative estimate of drug-likeness (QED) is 0.797. The van der Waals surface area contributed by atoms with E-state index < -0.39 is 10.0 Å². The highest BCUT2D eigenvalue weighted by Crippen LogP contribution is 2.70. The predicted molar refractivity (Wildman–Crippen MR) is 86.7 cm³/mol. The molecular formula is C17H29NO3S. The molecule has 0 radical (unpaired) electrons. The van der Waals surface area contributed by atoms with E-state index >= 15 is 0 Å². The van der Waals surface area contributed by atoms with Gasteiger partial charge in [-0.3, -0.25) is 4.79 Å². The Morgan fingerprint density at radius 1 is 1.36 bits per heavy atom. The van der Waals surface area contributed by atoms with E-state index in [4.69, 9.17) is 0 Å². The fraction of sp³-hybridized carbons (Fsp3) is 0.941. The molecular weight excluding hydrogens is 298 g/mol. The van der Waals surface area contributed by atoms with Crippen molar-refractivity contribution in [2.45, 2.75) is 72.3 Å². The summed E-state index contributed by atoms with van der Waals surface area (Å²) in [6, 6.07) is -0.0763. The van der Waals surface area contributed by atoms with E-state index in [1.165, 1.54) is 4.31 Å². The number of carbonyl (C=O) groups is 1. The summed E-state index contributed by atoms with van der Waals surface area (Å²) in [5.74, 6) is 0.848. The van der Waals surface area contributed by atoms with Gasteiger partial charge in [-0.05, 0) is 36.5 Å². The Morgan fingerprint density at radius 3 is 2.64 bits per heavy atom. The molecule has 3 fully saturated rings. The largest absolute Gasteiger partial charge is 0.274 e. The summed E-state index contributed by atoms with van der Waals surface area (Å²) in [5.41, 5.74) is -0.158. The summed E-state index contributed by atoms with van der Waals surface area (Å²) < 4.78 is 26.8. The lowest BCUT2D eigenvalue weighted by molar-refractivity contribution is -0.129. The number of sulfonamides is 1. The smallest absolute Gasteiger partial charge is 0.238 e. The van der Waals surface area contributed by atoms with Crippen molar-refractivity contribution in [2.75, 3.05) is 5.75 Å². The van der Waals surface area contributed by atoms with E-state index in [1.807, 2.05) is 6.92 Å². The first-order chi connectivity index (χ1) is 10.2. The summed E-state index contributed by atoms with van der Waals surface area (Å²) in [6.07, 6.45) is 5.33. The molecule has 0 aromatic heterocycles. The van der Waals surface area contributed by atoms with Gasteiger partial charge in [0.15, 0.2) is 0 Å². The number of hydrogen-bond donors (Lipinski definition) is 0. The monoisotopic (exact) mass is 327 g/mol. The topological polar surface area (TPSA) is 54.5 Å². The van der Waals surface area contributed by atoms with Crippen LogP contribution in [-0.2, 0) is 14.8 Å². The summed E-state index contributed by atoms with van der Waals surface area (Å²) in [6.45, 7) is 8.58. The van der Waals surface area contributed by atoms with Gasteiger partial charge in [-0.1, -0.05) is 40.5 Å². The van der Waals surface area contributed by atoms with Crippen LogP contribution in [0.5, 0.6) is 0 Å². The van der Waals surface area contributed by atoms with Crippen molar-refractivity contribution >= 4 is 15.9 Å². The van der Waals surface area contributed by atoms with Crippen LogP contribution >= 0.6 is 0 Å². The molecule has 3 rings (SSSR count). The maximum Gasteiger partial charge on any atom is 0.238 e.